The van der Waals surface area contributed by atoms with E-state index in [1.807, 2.05) is 29.5 Å². The molecule has 1 heterocycles. The first-order chi connectivity index (χ1) is 13.5. The molecule has 1 saturated heterocycles. The zero-order chi connectivity index (χ0) is 20.4. The molecule has 1 aromatic rings. The fourth-order valence-corrected chi connectivity index (χ4v) is 3.19. The van der Waals surface area contributed by atoms with E-state index in [4.69, 9.17) is 9.47 Å². The van der Waals surface area contributed by atoms with E-state index in [9.17, 15) is 14.7 Å². The molecule has 10 heteroatoms. The van der Waals surface area contributed by atoms with Crippen molar-refractivity contribution in [1.29, 1.82) is 0 Å². The second kappa shape index (κ2) is 11.8. The number of nitrogens with one attached hydrogen (secondary N) is 2. The van der Waals surface area contributed by atoms with Crippen LogP contribution in [0.15, 0.2) is 17.2 Å². The highest BCUT2D eigenvalue weighted by Crippen LogP contribution is 2.32. The van der Waals surface area contributed by atoms with Crippen LogP contribution >= 0.6 is 22.6 Å². The molecule has 0 radical (unpaired) electrons. The molecule has 0 unspecified atom stereocenters. The SMILES string of the molecule is CCOc1cc(/C=N/NC(=O)C(=O)NCCCN2CCOCC2)cc(I)c1O. The number of nitrogens with zero attached hydrogens (tertiary/aromatic N) is 2. The highest BCUT2D eigenvalue weighted by Gasteiger charge is 2.13. The standard InChI is InChI=1S/C18H25IN4O5/c1-2-28-15-11-13(10-14(19)16(15)24)12-21-22-18(26)17(25)20-4-3-5-23-6-8-27-9-7-23/h10-12,24H,2-9H2,1H3,(H,20,25)(H,22,26)/b21-12+. The van der Waals surface area contributed by atoms with Crippen molar-refractivity contribution in [3.63, 3.8) is 0 Å². The lowest BCUT2D eigenvalue weighted by molar-refractivity contribution is -0.139. The van der Waals surface area contributed by atoms with Gasteiger partial charge >= 0.3 is 11.8 Å². The van der Waals surface area contributed by atoms with Crippen LogP contribution < -0.4 is 15.5 Å². The van der Waals surface area contributed by atoms with E-state index in [1.165, 1.54) is 6.21 Å². The second-order valence-corrected chi connectivity index (χ2v) is 7.21. The molecule has 1 aliphatic heterocycles. The normalized spacial score (nSPS) is 14.8. The molecular weight excluding hydrogens is 479 g/mol. The maximum Gasteiger partial charge on any atom is 0.329 e. The van der Waals surface area contributed by atoms with E-state index in [0.717, 1.165) is 39.3 Å². The van der Waals surface area contributed by atoms with Gasteiger partial charge in [0.2, 0.25) is 0 Å². The zero-order valence-electron chi connectivity index (χ0n) is 15.7. The summed E-state index contributed by atoms with van der Waals surface area (Å²) in [4.78, 5) is 25.8. The van der Waals surface area contributed by atoms with Crippen LogP contribution in [0.25, 0.3) is 0 Å². The molecule has 2 rings (SSSR count). The van der Waals surface area contributed by atoms with E-state index >= 15 is 0 Å². The lowest BCUT2D eigenvalue weighted by Gasteiger charge is -2.26. The summed E-state index contributed by atoms with van der Waals surface area (Å²) >= 11 is 1.97. The quantitative estimate of drug-likeness (QED) is 0.158. The number of phenolic OH excluding ortho intramolecular Hbond substituents is 1. The van der Waals surface area contributed by atoms with E-state index in [2.05, 4.69) is 20.7 Å². The van der Waals surface area contributed by atoms with Gasteiger partial charge < -0.3 is 19.9 Å². The van der Waals surface area contributed by atoms with Gasteiger partial charge in [0.1, 0.15) is 0 Å². The first-order valence-electron chi connectivity index (χ1n) is 9.08. The van der Waals surface area contributed by atoms with Gasteiger partial charge in [-0.1, -0.05) is 0 Å². The zero-order valence-corrected chi connectivity index (χ0v) is 17.9. The van der Waals surface area contributed by atoms with Crippen molar-refractivity contribution < 1.29 is 24.2 Å². The summed E-state index contributed by atoms with van der Waals surface area (Å²) in [5.41, 5.74) is 2.81. The van der Waals surface area contributed by atoms with Gasteiger partial charge in [0.15, 0.2) is 11.5 Å². The molecule has 0 atom stereocenters. The first-order valence-corrected chi connectivity index (χ1v) is 10.2. The molecule has 1 aromatic carbocycles. The third-order valence-corrected chi connectivity index (χ3v) is 4.80. The third kappa shape index (κ3) is 7.24. The lowest BCUT2D eigenvalue weighted by Crippen LogP contribution is -2.40. The minimum Gasteiger partial charge on any atom is -0.504 e. The fraction of sp³-hybridized carbons (Fsp3) is 0.500. The lowest BCUT2D eigenvalue weighted by atomic mass is 10.2. The van der Waals surface area contributed by atoms with Gasteiger partial charge in [-0.3, -0.25) is 14.5 Å². The number of hydrazone groups is 1. The largest absolute Gasteiger partial charge is 0.504 e. The van der Waals surface area contributed by atoms with E-state index in [0.29, 0.717) is 28.0 Å². The van der Waals surface area contributed by atoms with Gasteiger partial charge in [0.25, 0.3) is 0 Å². The van der Waals surface area contributed by atoms with Gasteiger partial charge in [0, 0.05) is 19.6 Å². The first kappa shape index (κ1) is 22.4. The summed E-state index contributed by atoms with van der Waals surface area (Å²) in [7, 11) is 0. The number of morpholine rings is 1. The predicted octanol–water partition coefficient (Wildman–Crippen LogP) is 0.684. The summed E-state index contributed by atoms with van der Waals surface area (Å²) in [5.74, 6) is -1.17. The highest BCUT2D eigenvalue weighted by molar-refractivity contribution is 14.1. The van der Waals surface area contributed by atoms with Crippen LogP contribution in [-0.2, 0) is 14.3 Å². The van der Waals surface area contributed by atoms with Gasteiger partial charge in [-0.25, -0.2) is 5.43 Å². The Morgan fingerprint density at radius 1 is 1.36 bits per heavy atom. The summed E-state index contributed by atoms with van der Waals surface area (Å²) in [6, 6.07) is 3.28. The van der Waals surface area contributed by atoms with Crippen LogP contribution in [0, 0.1) is 3.57 Å². The topological polar surface area (TPSA) is 112 Å². The van der Waals surface area contributed by atoms with E-state index in [1.54, 1.807) is 12.1 Å². The molecule has 0 saturated carbocycles. The average Bonchev–Trinajstić information content (AvgIpc) is 2.69. The van der Waals surface area contributed by atoms with Crippen LogP contribution in [0.4, 0.5) is 0 Å². The summed E-state index contributed by atoms with van der Waals surface area (Å²) in [6.07, 6.45) is 2.14. The molecule has 1 fully saturated rings. The summed E-state index contributed by atoms with van der Waals surface area (Å²) in [5, 5.41) is 16.3. The molecule has 9 nitrogen and oxygen atoms in total. The molecule has 28 heavy (non-hydrogen) atoms. The van der Waals surface area contributed by atoms with Crippen molar-refractivity contribution in [3.05, 3.63) is 21.3 Å². The second-order valence-electron chi connectivity index (χ2n) is 6.05. The fourth-order valence-electron chi connectivity index (χ4n) is 2.56. The number of benzene rings is 1. The Bertz CT molecular complexity index is 707. The Morgan fingerprint density at radius 3 is 2.82 bits per heavy atom. The molecule has 1 aliphatic rings. The average molecular weight is 504 g/mol. The van der Waals surface area contributed by atoms with Crippen molar-refractivity contribution in [2.24, 2.45) is 5.10 Å². The Morgan fingerprint density at radius 2 is 2.11 bits per heavy atom. The van der Waals surface area contributed by atoms with Crippen molar-refractivity contribution >= 4 is 40.6 Å². The van der Waals surface area contributed by atoms with E-state index < -0.39 is 11.8 Å². The number of hydrogen-bond donors (Lipinski definition) is 3. The number of aromatic hydroxyl groups is 1. The Kier molecular flexibility index (Phi) is 9.44. The maximum atomic E-state index is 11.8. The van der Waals surface area contributed by atoms with Gasteiger partial charge in [-0.05, 0) is 60.2 Å². The maximum absolute atomic E-state index is 11.8. The summed E-state index contributed by atoms with van der Waals surface area (Å²) in [6.45, 7) is 6.75. The van der Waals surface area contributed by atoms with Crippen molar-refractivity contribution in [3.8, 4) is 11.5 Å². The van der Waals surface area contributed by atoms with Gasteiger partial charge in [0.05, 0.1) is 29.6 Å². The number of rotatable bonds is 8. The number of amides is 2. The Labute approximate surface area is 177 Å². The monoisotopic (exact) mass is 504 g/mol. The van der Waals surface area contributed by atoms with Crippen LogP contribution in [-0.4, -0.2) is 74.0 Å². The number of carbonyl (C=O) groups is 2. The van der Waals surface area contributed by atoms with Crippen LogP contribution in [0.2, 0.25) is 0 Å². The van der Waals surface area contributed by atoms with Crippen molar-refractivity contribution in [2.75, 3.05) is 46.0 Å². The molecule has 0 aliphatic carbocycles. The van der Waals surface area contributed by atoms with Crippen molar-refractivity contribution in [2.45, 2.75) is 13.3 Å². The number of phenols is 1. The van der Waals surface area contributed by atoms with Gasteiger partial charge in [-0.2, -0.15) is 5.10 Å². The molecule has 3 N–H and O–H groups in total. The molecular formula is C18H25IN4O5. The minimum absolute atomic E-state index is 0.0556. The molecule has 154 valence electrons. The van der Waals surface area contributed by atoms with Crippen LogP contribution in [0.1, 0.15) is 18.9 Å². The van der Waals surface area contributed by atoms with Crippen molar-refractivity contribution in [1.82, 2.24) is 15.6 Å². The number of carbonyl (C=O) groups excluding carboxylic acids is 2. The third-order valence-electron chi connectivity index (χ3n) is 3.98. The number of hydrogen-bond acceptors (Lipinski definition) is 7. The molecule has 2 amide bonds. The highest BCUT2D eigenvalue weighted by atomic mass is 127. The number of halogens is 1. The molecule has 0 aromatic heterocycles. The van der Waals surface area contributed by atoms with Crippen LogP contribution in [0.5, 0.6) is 11.5 Å². The number of ether oxygens (including phenoxy) is 2. The molecule has 0 spiro atoms. The minimum atomic E-state index is -0.832. The Hall–Kier alpha value is -1.92. The van der Waals surface area contributed by atoms with Crippen LogP contribution in [0.3, 0.4) is 0 Å². The smallest absolute Gasteiger partial charge is 0.329 e. The Balaban J connectivity index is 1.73. The summed E-state index contributed by atoms with van der Waals surface area (Å²) < 4.78 is 11.2. The molecule has 0 bridgehead atoms. The van der Waals surface area contributed by atoms with Gasteiger partial charge in [-0.15, -0.1) is 0 Å². The van der Waals surface area contributed by atoms with E-state index in [-0.39, 0.29) is 5.75 Å². The predicted molar refractivity (Wildman–Crippen MR) is 113 cm³/mol.